The van der Waals surface area contributed by atoms with Crippen molar-refractivity contribution in [1.29, 1.82) is 0 Å². The van der Waals surface area contributed by atoms with Gasteiger partial charge in [0.1, 0.15) is 11.6 Å². The smallest absolute Gasteiger partial charge is 0.288 e. The van der Waals surface area contributed by atoms with Crippen molar-refractivity contribution in [2.75, 3.05) is 25.4 Å². The molecule has 0 spiro atoms. The van der Waals surface area contributed by atoms with Crippen molar-refractivity contribution in [2.45, 2.75) is 6.42 Å². The van der Waals surface area contributed by atoms with Crippen LogP contribution in [0.4, 0.5) is 9.18 Å². The third-order valence-corrected chi connectivity index (χ3v) is 4.13. The van der Waals surface area contributed by atoms with Crippen LogP contribution in [-0.2, 0) is 9.59 Å². The zero-order valence-corrected chi connectivity index (χ0v) is 13.6. The first-order valence-electron chi connectivity index (χ1n) is 6.79. The largest absolute Gasteiger partial charge is 0.491 e. The molecule has 124 valence electrons. The lowest BCUT2D eigenvalue weighted by Gasteiger charge is -2.13. The molecule has 1 aliphatic rings. The Morgan fingerprint density at radius 3 is 2.87 bits per heavy atom. The second-order valence-corrected chi connectivity index (χ2v) is 5.96. The summed E-state index contributed by atoms with van der Waals surface area (Å²) in [5.41, 5.74) is 0. The van der Waals surface area contributed by atoms with Gasteiger partial charge in [-0.05, 0) is 18.2 Å². The normalized spacial score (nSPS) is 14.3. The fraction of sp³-hybridized carbons (Fsp3) is 0.357. The number of amides is 3. The van der Waals surface area contributed by atoms with Gasteiger partial charge in [-0.15, -0.1) is 0 Å². The molecule has 0 saturated carbocycles. The molecule has 0 radical (unpaired) electrons. The standard InChI is InChI=1S/C14H14ClFN2O4S/c15-10-7-9(16)1-2-11(10)22-6-3-12(19)17-4-5-18-13(20)8-23-14(18)21/h1-2,7H,3-6,8H2,(H,17,19). The highest BCUT2D eigenvalue weighted by Crippen LogP contribution is 2.24. The molecule has 0 bridgehead atoms. The summed E-state index contributed by atoms with van der Waals surface area (Å²) in [4.78, 5) is 35.4. The maximum absolute atomic E-state index is 12.9. The number of halogens is 2. The zero-order valence-electron chi connectivity index (χ0n) is 12.0. The summed E-state index contributed by atoms with van der Waals surface area (Å²) in [7, 11) is 0. The molecule has 1 aromatic rings. The van der Waals surface area contributed by atoms with Crippen LogP contribution in [0, 0.1) is 5.82 Å². The van der Waals surface area contributed by atoms with Crippen molar-refractivity contribution in [3.05, 3.63) is 29.0 Å². The van der Waals surface area contributed by atoms with Crippen LogP contribution in [0.2, 0.25) is 5.02 Å². The van der Waals surface area contributed by atoms with E-state index in [4.69, 9.17) is 16.3 Å². The Morgan fingerprint density at radius 1 is 1.43 bits per heavy atom. The molecule has 1 N–H and O–H groups in total. The minimum absolute atomic E-state index is 0.0738. The lowest BCUT2D eigenvalue weighted by Crippen LogP contribution is -2.37. The number of hydrogen-bond acceptors (Lipinski definition) is 5. The van der Waals surface area contributed by atoms with E-state index in [1.807, 2.05) is 0 Å². The first-order valence-corrected chi connectivity index (χ1v) is 8.15. The molecule has 1 heterocycles. The third kappa shape index (κ3) is 5.11. The van der Waals surface area contributed by atoms with Crippen LogP contribution in [0.25, 0.3) is 0 Å². The number of nitrogens with one attached hydrogen (secondary N) is 1. The first-order chi connectivity index (χ1) is 11.0. The highest BCUT2D eigenvalue weighted by atomic mass is 35.5. The Hall–Kier alpha value is -1.80. The number of rotatable bonds is 7. The van der Waals surface area contributed by atoms with Crippen LogP contribution < -0.4 is 10.1 Å². The van der Waals surface area contributed by atoms with Gasteiger partial charge in [-0.2, -0.15) is 0 Å². The molecular weight excluding hydrogens is 347 g/mol. The van der Waals surface area contributed by atoms with Gasteiger partial charge < -0.3 is 10.1 Å². The maximum atomic E-state index is 12.9. The number of benzene rings is 1. The number of nitrogens with zero attached hydrogens (tertiary/aromatic N) is 1. The molecule has 0 aliphatic carbocycles. The van der Waals surface area contributed by atoms with E-state index >= 15 is 0 Å². The molecule has 0 atom stereocenters. The molecule has 2 rings (SSSR count). The Kier molecular flexibility index (Phi) is 6.23. The number of carbonyl (C=O) groups excluding carboxylic acids is 3. The predicted octanol–water partition coefficient (Wildman–Crippen LogP) is 2.06. The summed E-state index contributed by atoms with van der Waals surface area (Å²) < 4.78 is 18.2. The van der Waals surface area contributed by atoms with Gasteiger partial charge in [0.15, 0.2) is 0 Å². The van der Waals surface area contributed by atoms with Crippen LogP contribution in [0.15, 0.2) is 18.2 Å². The topological polar surface area (TPSA) is 75.7 Å². The highest BCUT2D eigenvalue weighted by Gasteiger charge is 2.29. The Labute approximate surface area is 141 Å². The quantitative estimate of drug-likeness (QED) is 0.805. The first kappa shape index (κ1) is 17.6. The number of carbonyl (C=O) groups is 3. The van der Waals surface area contributed by atoms with Gasteiger partial charge in [0.2, 0.25) is 11.8 Å². The van der Waals surface area contributed by atoms with Crippen molar-refractivity contribution in [3.8, 4) is 5.75 Å². The number of thioether (sulfide) groups is 1. The van der Waals surface area contributed by atoms with Gasteiger partial charge >= 0.3 is 0 Å². The number of ether oxygens (including phenoxy) is 1. The zero-order chi connectivity index (χ0) is 16.8. The van der Waals surface area contributed by atoms with E-state index in [0.717, 1.165) is 22.7 Å². The molecule has 3 amide bonds. The average Bonchev–Trinajstić information content (AvgIpc) is 2.81. The van der Waals surface area contributed by atoms with Crippen LogP contribution in [0.3, 0.4) is 0 Å². The highest BCUT2D eigenvalue weighted by molar-refractivity contribution is 8.14. The van der Waals surface area contributed by atoms with Gasteiger partial charge in [-0.1, -0.05) is 23.4 Å². The summed E-state index contributed by atoms with van der Waals surface area (Å²) in [6.07, 6.45) is 0.0738. The molecule has 0 unspecified atom stereocenters. The van der Waals surface area contributed by atoms with E-state index in [1.54, 1.807) is 0 Å². The molecule has 1 saturated heterocycles. The average molecular weight is 361 g/mol. The second-order valence-electron chi connectivity index (χ2n) is 4.62. The van der Waals surface area contributed by atoms with Crippen LogP contribution in [0.5, 0.6) is 5.75 Å². The van der Waals surface area contributed by atoms with E-state index < -0.39 is 5.82 Å². The third-order valence-electron chi connectivity index (χ3n) is 2.98. The van der Waals surface area contributed by atoms with E-state index in [1.165, 1.54) is 12.1 Å². The number of imide groups is 1. The molecular formula is C14H14ClFN2O4S. The van der Waals surface area contributed by atoms with Crippen LogP contribution >= 0.6 is 23.4 Å². The fourth-order valence-corrected chi connectivity index (χ4v) is 2.81. The van der Waals surface area contributed by atoms with E-state index in [0.29, 0.717) is 5.75 Å². The van der Waals surface area contributed by atoms with Crippen LogP contribution in [0.1, 0.15) is 6.42 Å². The fourth-order valence-electron chi connectivity index (χ4n) is 1.84. The number of hydrogen-bond donors (Lipinski definition) is 1. The molecule has 1 aliphatic heterocycles. The van der Waals surface area contributed by atoms with Crippen molar-refractivity contribution in [1.82, 2.24) is 10.2 Å². The lowest BCUT2D eigenvalue weighted by atomic mass is 10.3. The van der Waals surface area contributed by atoms with Crippen molar-refractivity contribution >= 4 is 40.4 Å². The predicted molar refractivity (Wildman–Crippen MR) is 84.1 cm³/mol. The van der Waals surface area contributed by atoms with Gasteiger partial charge in [0.05, 0.1) is 23.8 Å². The minimum Gasteiger partial charge on any atom is -0.491 e. The van der Waals surface area contributed by atoms with Crippen molar-refractivity contribution in [3.63, 3.8) is 0 Å². The van der Waals surface area contributed by atoms with E-state index in [9.17, 15) is 18.8 Å². The van der Waals surface area contributed by atoms with Gasteiger partial charge in [0, 0.05) is 13.1 Å². The monoisotopic (exact) mass is 360 g/mol. The SMILES string of the molecule is O=C(CCOc1ccc(F)cc1Cl)NCCN1C(=O)CSC1=O. The molecule has 6 nitrogen and oxygen atoms in total. The molecule has 0 aromatic heterocycles. The molecule has 9 heteroatoms. The summed E-state index contributed by atoms with van der Waals surface area (Å²) in [6.45, 7) is 0.420. The summed E-state index contributed by atoms with van der Waals surface area (Å²) in [5, 5.41) is 2.43. The Bertz CT molecular complexity index is 613. The lowest BCUT2D eigenvalue weighted by molar-refractivity contribution is -0.125. The molecule has 1 fully saturated rings. The Balaban J connectivity index is 1.65. The van der Waals surface area contributed by atoms with Gasteiger partial charge in [-0.25, -0.2) is 4.39 Å². The minimum atomic E-state index is -0.468. The van der Waals surface area contributed by atoms with Crippen LogP contribution in [-0.4, -0.2) is 47.4 Å². The molecule has 1 aromatic carbocycles. The van der Waals surface area contributed by atoms with Gasteiger partial charge in [-0.3, -0.25) is 19.3 Å². The van der Waals surface area contributed by atoms with Crippen molar-refractivity contribution < 1.29 is 23.5 Å². The summed E-state index contributed by atoms with van der Waals surface area (Å²) in [5.74, 6) is -0.548. The van der Waals surface area contributed by atoms with Gasteiger partial charge in [0.25, 0.3) is 5.24 Å². The van der Waals surface area contributed by atoms with Crippen molar-refractivity contribution in [2.24, 2.45) is 0 Å². The maximum Gasteiger partial charge on any atom is 0.288 e. The Morgan fingerprint density at radius 2 is 2.22 bits per heavy atom. The second kappa shape index (κ2) is 8.16. The van der Waals surface area contributed by atoms with E-state index in [2.05, 4.69) is 5.32 Å². The molecule has 23 heavy (non-hydrogen) atoms. The summed E-state index contributed by atoms with van der Waals surface area (Å²) >= 11 is 6.74. The summed E-state index contributed by atoms with van der Waals surface area (Å²) in [6, 6.07) is 3.72. The van der Waals surface area contributed by atoms with E-state index in [-0.39, 0.29) is 53.9 Å².